The van der Waals surface area contributed by atoms with E-state index < -0.39 is 0 Å². The maximum atomic E-state index is 13.0. The minimum absolute atomic E-state index is 0.0300. The van der Waals surface area contributed by atoms with Gasteiger partial charge in [0.2, 0.25) is 5.25 Å². The molecule has 1 aliphatic carbocycles. The van der Waals surface area contributed by atoms with Crippen LogP contribution in [0.5, 0.6) is 0 Å². The second-order valence-corrected chi connectivity index (χ2v) is 10.7. The average molecular weight is 410 g/mol. The summed E-state index contributed by atoms with van der Waals surface area (Å²) in [5.74, 6) is 0.933. The molecule has 1 rings (SSSR count). The number of rotatable bonds is 15. The van der Waals surface area contributed by atoms with Gasteiger partial charge in [-0.2, -0.15) is 0 Å². The molecule has 0 aromatic carbocycles. The number of hydrogen-bond donors (Lipinski definition) is 0. The lowest BCUT2D eigenvalue weighted by Gasteiger charge is -2.39. The average Bonchev–Trinajstić information content (AvgIpc) is 2.62. The van der Waals surface area contributed by atoms with Crippen molar-refractivity contribution in [2.24, 2.45) is 23.2 Å². The van der Waals surface area contributed by atoms with E-state index >= 15 is 0 Å². The summed E-state index contributed by atoms with van der Waals surface area (Å²) >= 11 is 0.729. The Morgan fingerprint density at radius 2 is 1.64 bits per heavy atom. The second kappa shape index (κ2) is 13.6. The number of carbonyl (C=O) groups is 1. The van der Waals surface area contributed by atoms with Crippen molar-refractivity contribution in [2.45, 2.75) is 117 Å². The van der Waals surface area contributed by atoms with Gasteiger partial charge in [-0.25, -0.2) is 0 Å². The molecule has 28 heavy (non-hydrogen) atoms. The highest BCUT2D eigenvalue weighted by Crippen LogP contribution is 2.42. The van der Waals surface area contributed by atoms with Gasteiger partial charge in [-0.1, -0.05) is 98.1 Å². The van der Waals surface area contributed by atoms with E-state index in [2.05, 4.69) is 46.8 Å². The summed E-state index contributed by atoms with van der Waals surface area (Å²) in [4.78, 5) is 13.0. The lowest BCUT2D eigenvalue weighted by molar-refractivity contribution is -0.129. The third-order valence-corrected chi connectivity index (χ3v) is 7.62. The molecular formula is C25H45O2S+. The molecule has 0 spiro atoms. The molecule has 0 aromatic rings. The van der Waals surface area contributed by atoms with E-state index in [1.54, 1.807) is 0 Å². The minimum atomic E-state index is 0.0300. The Balaban J connectivity index is 2.33. The van der Waals surface area contributed by atoms with E-state index in [0.717, 1.165) is 30.9 Å². The molecule has 0 saturated heterocycles. The SMILES string of the molecule is CCCCCCCCCCCC([S+]=O)C(C)CC(=O)C1C(C)C=CCC1(C)C. The van der Waals surface area contributed by atoms with Crippen molar-refractivity contribution in [3.63, 3.8) is 0 Å². The van der Waals surface area contributed by atoms with Crippen LogP contribution in [0.2, 0.25) is 0 Å². The molecule has 4 unspecified atom stereocenters. The van der Waals surface area contributed by atoms with Gasteiger partial charge < -0.3 is 0 Å². The maximum Gasteiger partial charge on any atom is 0.462 e. The molecule has 1 aliphatic rings. The Morgan fingerprint density at radius 3 is 2.18 bits per heavy atom. The lowest BCUT2D eigenvalue weighted by atomic mass is 9.64. The van der Waals surface area contributed by atoms with Gasteiger partial charge in [0.05, 0.1) is 0 Å². The summed E-state index contributed by atoms with van der Waals surface area (Å²) in [5, 5.41) is 0.0751. The number of carbonyl (C=O) groups excluding carboxylic acids is 1. The van der Waals surface area contributed by atoms with Crippen LogP contribution in [0, 0.1) is 23.2 Å². The molecule has 0 aliphatic heterocycles. The summed E-state index contributed by atoms with van der Waals surface area (Å²) in [5.41, 5.74) is 0.0300. The van der Waals surface area contributed by atoms with E-state index in [0.29, 0.717) is 18.1 Å². The summed E-state index contributed by atoms with van der Waals surface area (Å²) in [7, 11) is 0. The van der Waals surface area contributed by atoms with Crippen molar-refractivity contribution in [3.05, 3.63) is 12.2 Å². The molecule has 0 saturated carbocycles. The summed E-state index contributed by atoms with van der Waals surface area (Å²) in [6.07, 6.45) is 18.7. The van der Waals surface area contributed by atoms with Gasteiger partial charge in [-0.05, 0) is 24.2 Å². The third kappa shape index (κ3) is 8.84. The molecular weight excluding hydrogens is 364 g/mol. The van der Waals surface area contributed by atoms with Gasteiger partial charge in [0, 0.05) is 28.9 Å². The molecule has 0 N–H and O–H groups in total. The highest BCUT2D eigenvalue weighted by molar-refractivity contribution is 7.66. The number of ketones is 1. The van der Waals surface area contributed by atoms with Crippen LogP contribution in [-0.2, 0) is 20.7 Å². The van der Waals surface area contributed by atoms with Crippen LogP contribution in [0.4, 0.5) is 0 Å². The van der Waals surface area contributed by atoms with Gasteiger partial charge in [-0.15, -0.1) is 0 Å². The number of allylic oxidation sites excluding steroid dienone is 2. The zero-order valence-corrected chi connectivity index (χ0v) is 20.0. The topological polar surface area (TPSA) is 34.1 Å². The first-order chi connectivity index (χ1) is 13.3. The molecule has 0 aromatic heterocycles. The van der Waals surface area contributed by atoms with Gasteiger partial charge in [-0.3, -0.25) is 4.79 Å². The third-order valence-electron chi connectivity index (χ3n) is 6.67. The van der Waals surface area contributed by atoms with E-state index in [4.69, 9.17) is 0 Å². The van der Waals surface area contributed by atoms with Crippen molar-refractivity contribution in [2.75, 3.05) is 0 Å². The number of unbranched alkanes of at least 4 members (excludes halogenated alkanes) is 8. The summed E-state index contributed by atoms with van der Waals surface area (Å²) in [6.45, 7) is 10.9. The lowest BCUT2D eigenvalue weighted by Crippen LogP contribution is -2.38. The molecule has 0 amide bonds. The fourth-order valence-corrected chi connectivity index (χ4v) is 5.47. The molecule has 4 atom stereocenters. The van der Waals surface area contributed by atoms with E-state index in [1.807, 2.05) is 0 Å². The van der Waals surface area contributed by atoms with Crippen LogP contribution in [0.3, 0.4) is 0 Å². The van der Waals surface area contributed by atoms with Gasteiger partial charge in [0.1, 0.15) is 5.78 Å². The Bertz CT molecular complexity index is 483. The Morgan fingerprint density at radius 1 is 1.07 bits per heavy atom. The molecule has 3 heteroatoms. The van der Waals surface area contributed by atoms with Crippen LogP contribution >= 0.6 is 0 Å². The summed E-state index contributed by atoms with van der Waals surface area (Å²) < 4.78 is 11.7. The Kier molecular flexibility index (Phi) is 12.4. The van der Waals surface area contributed by atoms with Crippen LogP contribution in [0.15, 0.2) is 12.2 Å². The standard InChI is InChI=1S/C25H45O2S/c1-6-7-8-9-10-11-12-13-14-17-23(28-27)21(3)19-22(26)24-20(2)16-15-18-25(24,4)5/h15-16,20-21,23-24H,6-14,17-19H2,1-5H3/q+1. The largest absolute Gasteiger partial charge is 0.462 e. The van der Waals surface area contributed by atoms with Crippen LogP contribution in [-0.4, -0.2) is 11.0 Å². The first-order valence-electron chi connectivity index (χ1n) is 11.8. The predicted molar refractivity (Wildman–Crippen MR) is 123 cm³/mol. The molecule has 0 radical (unpaired) electrons. The molecule has 162 valence electrons. The maximum absolute atomic E-state index is 13.0. The quantitative estimate of drug-likeness (QED) is 0.159. The predicted octanol–water partition coefficient (Wildman–Crippen LogP) is 7.54. The Labute approximate surface area is 178 Å². The van der Waals surface area contributed by atoms with E-state index in [9.17, 15) is 9.00 Å². The fraction of sp³-hybridized carbons (Fsp3) is 0.880. The monoisotopic (exact) mass is 409 g/mol. The highest BCUT2D eigenvalue weighted by Gasteiger charge is 2.41. The van der Waals surface area contributed by atoms with E-state index in [1.165, 1.54) is 51.4 Å². The second-order valence-electron chi connectivity index (χ2n) is 9.86. The zero-order chi connectivity index (χ0) is 21.0. The highest BCUT2D eigenvalue weighted by atomic mass is 32.1. The van der Waals surface area contributed by atoms with Crippen molar-refractivity contribution in [3.8, 4) is 0 Å². The first-order valence-corrected chi connectivity index (χ1v) is 12.6. The van der Waals surface area contributed by atoms with Crippen LogP contribution < -0.4 is 0 Å². The molecule has 0 bridgehead atoms. The smallest absolute Gasteiger partial charge is 0.299 e. The number of hydrogen-bond acceptors (Lipinski definition) is 2. The van der Waals surface area contributed by atoms with Crippen molar-refractivity contribution in [1.82, 2.24) is 0 Å². The van der Waals surface area contributed by atoms with Crippen molar-refractivity contribution < 1.29 is 9.00 Å². The van der Waals surface area contributed by atoms with E-state index in [-0.39, 0.29) is 22.5 Å². The van der Waals surface area contributed by atoms with Crippen LogP contribution in [0.1, 0.15) is 112 Å². The van der Waals surface area contributed by atoms with Gasteiger partial charge in [0.25, 0.3) is 0 Å². The van der Waals surface area contributed by atoms with Gasteiger partial charge >= 0.3 is 11.7 Å². The van der Waals surface area contributed by atoms with Crippen LogP contribution in [0.25, 0.3) is 0 Å². The zero-order valence-electron chi connectivity index (χ0n) is 19.2. The number of Topliss-reactive ketones (excluding diaryl/α,β-unsaturated/α-hetero) is 1. The molecule has 0 fully saturated rings. The van der Waals surface area contributed by atoms with Crippen molar-refractivity contribution >= 4 is 17.4 Å². The minimum Gasteiger partial charge on any atom is -0.299 e. The van der Waals surface area contributed by atoms with Gasteiger partial charge in [0.15, 0.2) is 0 Å². The van der Waals surface area contributed by atoms with Crippen molar-refractivity contribution in [1.29, 1.82) is 0 Å². The normalized spacial score (nSPS) is 23.3. The fourth-order valence-electron chi connectivity index (χ4n) is 4.92. The Hall–Kier alpha value is -0.570. The summed E-state index contributed by atoms with van der Waals surface area (Å²) in [6, 6.07) is 0. The molecule has 2 nitrogen and oxygen atoms in total. The first kappa shape index (κ1) is 25.5. The molecule has 0 heterocycles.